The average Bonchev–Trinajstić information content (AvgIpc) is 2.98. The second-order valence-corrected chi connectivity index (χ2v) is 7.81. The van der Waals surface area contributed by atoms with Gasteiger partial charge in [0.05, 0.1) is 5.69 Å². The van der Waals surface area contributed by atoms with E-state index in [1.54, 1.807) is 9.20 Å². The van der Waals surface area contributed by atoms with Crippen molar-refractivity contribution in [1.29, 1.82) is 0 Å². The fourth-order valence-electron chi connectivity index (χ4n) is 3.91. The third-order valence-corrected chi connectivity index (χ3v) is 5.62. The maximum Gasteiger partial charge on any atom is 0.253 e. The number of aryl methyl sites for hydroxylation is 4. The molecular weight excluding hydrogens is 376 g/mol. The molecule has 28 heavy (non-hydrogen) atoms. The lowest BCUT2D eigenvalue weighted by Crippen LogP contribution is -2.01. The first kappa shape index (κ1) is 17.4. The van der Waals surface area contributed by atoms with Gasteiger partial charge in [0.25, 0.3) is 5.78 Å². The Morgan fingerprint density at radius 1 is 1.11 bits per heavy atom. The van der Waals surface area contributed by atoms with Gasteiger partial charge in [-0.05, 0) is 45.2 Å². The summed E-state index contributed by atoms with van der Waals surface area (Å²) >= 11 is 6.28. The van der Waals surface area contributed by atoms with E-state index in [9.17, 15) is 0 Å². The van der Waals surface area contributed by atoms with Crippen LogP contribution in [0.3, 0.4) is 0 Å². The lowest BCUT2D eigenvalue weighted by Gasteiger charge is -1.99. The summed E-state index contributed by atoms with van der Waals surface area (Å²) in [5.74, 6) is 1.99. The number of hydrogen-bond acceptors (Lipinski definition) is 5. The van der Waals surface area contributed by atoms with Crippen molar-refractivity contribution in [2.24, 2.45) is 7.05 Å². The van der Waals surface area contributed by atoms with Crippen LogP contribution in [0.2, 0.25) is 5.15 Å². The van der Waals surface area contributed by atoms with Gasteiger partial charge in [0.15, 0.2) is 5.15 Å². The Morgan fingerprint density at radius 2 is 1.93 bits per heavy atom. The van der Waals surface area contributed by atoms with Crippen LogP contribution in [0.1, 0.15) is 47.8 Å². The van der Waals surface area contributed by atoms with E-state index < -0.39 is 0 Å². The molecule has 4 heterocycles. The topological polar surface area (TPSA) is 78.7 Å². The standard InChI is InChI=1S/C19H21ClN8/c1-5-27-16(18-22-19-21-10(2)6-11(3)28(19)25-18)8-15(23-27)13-7-12(13)14-9-26(4)24-17(14)20/h6,8-9,12-13H,5,7H2,1-4H3. The normalized spacial score (nSPS) is 18.9. The van der Waals surface area contributed by atoms with Crippen molar-refractivity contribution in [3.05, 3.63) is 46.1 Å². The molecule has 4 aromatic heterocycles. The predicted octanol–water partition coefficient (Wildman–Crippen LogP) is 3.28. The van der Waals surface area contributed by atoms with Gasteiger partial charge in [0.1, 0.15) is 5.69 Å². The highest BCUT2D eigenvalue weighted by Gasteiger charge is 2.43. The molecule has 1 saturated carbocycles. The highest BCUT2D eigenvalue weighted by atomic mass is 35.5. The third-order valence-electron chi connectivity index (χ3n) is 5.33. The summed E-state index contributed by atoms with van der Waals surface area (Å²) in [6, 6.07) is 4.11. The molecule has 1 aliphatic carbocycles. The van der Waals surface area contributed by atoms with Crippen LogP contribution < -0.4 is 0 Å². The van der Waals surface area contributed by atoms with E-state index in [1.807, 2.05) is 37.8 Å². The largest absolute Gasteiger partial charge is 0.274 e. The van der Waals surface area contributed by atoms with Gasteiger partial charge in [-0.2, -0.15) is 15.2 Å². The maximum absolute atomic E-state index is 6.28. The van der Waals surface area contributed by atoms with E-state index in [1.165, 1.54) is 0 Å². The minimum Gasteiger partial charge on any atom is -0.274 e. The van der Waals surface area contributed by atoms with E-state index in [-0.39, 0.29) is 0 Å². The minimum atomic E-state index is 0.354. The van der Waals surface area contributed by atoms with Crippen LogP contribution in [0.4, 0.5) is 0 Å². The Hall–Kier alpha value is -2.74. The molecule has 2 atom stereocenters. The van der Waals surface area contributed by atoms with Crippen LogP contribution in [0.25, 0.3) is 17.3 Å². The first-order valence-corrected chi connectivity index (χ1v) is 9.80. The summed E-state index contributed by atoms with van der Waals surface area (Å²) in [6.07, 6.45) is 3.04. The van der Waals surface area contributed by atoms with Crippen molar-refractivity contribution in [2.75, 3.05) is 0 Å². The zero-order chi connectivity index (χ0) is 19.6. The highest BCUT2D eigenvalue weighted by Crippen LogP contribution is 2.55. The number of aromatic nitrogens is 8. The fraction of sp³-hybridized carbons (Fsp3) is 0.421. The van der Waals surface area contributed by atoms with Crippen LogP contribution in [0, 0.1) is 13.8 Å². The van der Waals surface area contributed by atoms with Crippen LogP contribution in [-0.4, -0.2) is 39.1 Å². The summed E-state index contributed by atoms with van der Waals surface area (Å²) in [5.41, 5.74) is 5.02. The molecule has 0 aromatic carbocycles. The van der Waals surface area contributed by atoms with E-state index in [0.717, 1.165) is 41.3 Å². The fourth-order valence-corrected chi connectivity index (χ4v) is 4.22. The van der Waals surface area contributed by atoms with Crippen molar-refractivity contribution >= 4 is 17.4 Å². The minimum absolute atomic E-state index is 0.354. The molecule has 0 bridgehead atoms. The van der Waals surface area contributed by atoms with Crippen LogP contribution in [0.5, 0.6) is 0 Å². The molecule has 0 spiro atoms. The summed E-state index contributed by atoms with van der Waals surface area (Å²) in [6.45, 7) is 6.80. The van der Waals surface area contributed by atoms with Gasteiger partial charge in [0.2, 0.25) is 5.82 Å². The molecule has 8 nitrogen and oxygen atoms in total. The Morgan fingerprint density at radius 3 is 2.64 bits per heavy atom. The second kappa shape index (κ2) is 6.13. The van der Waals surface area contributed by atoms with Gasteiger partial charge in [-0.15, -0.1) is 5.10 Å². The van der Waals surface area contributed by atoms with Crippen molar-refractivity contribution < 1.29 is 0 Å². The molecule has 0 saturated heterocycles. The Kier molecular flexibility index (Phi) is 3.80. The Balaban J connectivity index is 1.51. The van der Waals surface area contributed by atoms with Gasteiger partial charge in [-0.25, -0.2) is 9.50 Å². The van der Waals surface area contributed by atoms with E-state index in [2.05, 4.69) is 33.2 Å². The first-order chi connectivity index (χ1) is 13.4. The van der Waals surface area contributed by atoms with Crippen LogP contribution in [0.15, 0.2) is 18.3 Å². The second-order valence-electron chi connectivity index (χ2n) is 7.45. The van der Waals surface area contributed by atoms with Crippen LogP contribution in [-0.2, 0) is 13.6 Å². The number of halogens is 1. The third kappa shape index (κ3) is 2.71. The van der Waals surface area contributed by atoms with Crippen LogP contribution >= 0.6 is 11.6 Å². The predicted molar refractivity (Wildman–Crippen MR) is 105 cm³/mol. The molecule has 4 aromatic rings. The zero-order valence-electron chi connectivity index (χ0n) is 16.3. The lowest BCUT2D eigenvalue weighted by molar-refractivity contribution is 0.649. The van der Waals surface area contributed by atoms with Gasteiger partial charge < -0.3 is 0 Å². The molecule has 1 fully saturated rings. The van der Waals surface area contributed by atoms with Crippen molar-refractivity contribution in [3.8, 4) is 11.5 Å². The molecule has 0 aliphatic heterocycles. The Labute approximate surface area is 167 Å². The maximum atomic E-state index is 6.28. The monoisotopic (exact) mass is 396 g/mol. The number of nitrogens with zero attached hydrogens (tertiary/aromatic N) is 8. The van der Waals surface area contributed by atoms with Gasteiger partial charge >= 0.3 is 0 Å². The smallest absolute Gasteiger partial charge is 0.253 e. The van der Waals surface area contributed by atoms with Crippen molar-refractivity contribution in [1.82, 2.24) is 39.1 Å². The molecule has 5 rings (SSSR count). The van der Waals surface area contributed by atoms with E-state index in [0.29, 0.717) is 28.6 Å². The number of fused-ring (bicyclic) bond motifs is 1. The zero-order valence-corrected chi connectivity index (χ0v) is 17.0. The summed E-state index contributed by atoms with van der Waals surface area (Å²) in [4.78, 5) is 9.14. The molecule has 1 aliphatic rings. The van der Waals surface area contributed by atoms with Gasteiger partial charge in [0, 0.05) is 42.7 Å². The SMILES string of the molecule is CCn1nc(C2CC2c2cn(C)nc2Cl)cc1-c1nc2nc(C)cc(C)n2n1. The first-order valence-electron chi connectivity index (χ1n) is 9.42. The number of hydrogen-bond donors (Lipinski definition) is 0. The highest BCUT2D eigenvalue weighted by molar-refractivity contribution is 6.30. The molecule has 144 valence electrons. The van der Waals surface area contributed by atoms with Crippen molar-refractivity contribution in [3.63, 3.8) is 0 Å². The van der Waals surface area contributed by atoms with Crippen molar-refractivity contribution in [2.45, 2.75) is 45.6 Å². The Bertz CT molecular complexity index is 1200. The quantitative estimate of drug-likeness (QED) is 0.529. The molecule has 0 amide bonds. The van der Waals surface area contributed by atoms with Gasteiger partial charge in [-0.3, -0.25) is 9.36 Å². The average molecular weight is 397 g/mol. The van der Waals surface area contributed by atoms with E-state index >= 15 is 0 Å². The molecule has 2 unspecified atom stereocenters. The summed E-state index contributed by atoms with van der Waals surface area (Å²) in [5, 5.41) is 14.3. The number of rotatable bonds is 4. The molecular formula is C19H21ClN8. The van der Waals surface area contributed by atoms with E-state index in [4.69, 9.17) is 16.7 Å². The lowest BCUT2D eigenvalue weighted by atomic mass is 10.1. The van der Waals surface area contributed by atoms with Gasteiger partial charge in [-0.1, -0.05) is 11.6 Å². The molecule has 9 heteroatoms. The summed E-state index contributed by atoms with van der Waals surface area (Å²) < 4.78 is 5.51. The molecule has 0 N–H and O–H groups in total. The summed E-state index contributed by atoms with van der Waals surface area (Å²) in [7, 11) is 1.89. The molecule has 0 radical (unpaired) electrons.